The molecule has 0 radical (unpaired) electrons. The van der Waals surface area contributed by atoms with Gasteiger partial charge in [-0.15, -0.1) is 0 Å². The van der Waals surface area contributed by atoms with Gasteiger partial charge in [-0.25, -0.2) is 12.4 Å². The van der Waals surface area contributed by atoms with E-state index in [-0.39, 0.29) is 4.90 Å². The number of carbonyl (C=O) groups is 2. The molecule has 0 aliphatic heterocycles. The SMILES string of the molecule is O=Cc1ccc2[nH]ccc2c1.O=Cc1ccc2c(ccn2S(=O)(=O)c2ccccc2)c1. The third-order valence-corrected chi connectivity index (χ3v) is 6.53. The van der Waals surface area contributed by atoms with Crippen LogP contribution in [0.25, 0.3) is 21.8 Å². The predicted molar refractivity (Wildman–Crippen MR) is 120 cm³/mol. The fourth-order valence-electron chi connectivity index (χ4n) is 3.27. The second kappa shape index (κ2) is 8.41. The highest BCUT2D eigenvalue weighted by Gasteiger charge is 2.18. The topological polar surface area (TPSA) is 89.0 Å². The lowest BCUT2D eigenvalue weighted by Crippen LogP contribution is -2.11. The van der Waals surface area contributed by atoms with E-state index in [1.165, 1.54) is 10.2 Å². The summed E-state index contributed by atoms with van der Waals surface area (Å²) in [5.74, 6) is 0. The lowest BCUT2D eigenvalue weighted by molar-refractivity contribution is 0.111. The lowest BCUT2D eigenvalue weighted by atomic mass is 10.2. The van der Waals surface area contributed by atoms with Crippen LogP contribution in [0.5, 0.6) is 0 Å². The summed E-state index contributed by atoms with van der Waals surface area (Å²) in [5, 5.41) is 1.80. The van der Waals surface area contributed by atoms with Crippen LogP contribution in [0.4, 0.5) is 0 Å². The number of aromatic amines is 1. The van der Waals surface area contributed by atoms with Gasteiger partial charge in [-0.1, -0.05) is 18.2 Å². The minimum absolute atomic E-state index is 0.233. The number of fused-ring (bicyclic) bond motifs is 2. The van der Waals surface area contributed by atoms with Gasteiger partial charge in [0.05, 0.1) is 10.4 Å². The van der Waals surface area contributed by atoms with E-state index in [0.29, 0.717) is 16.5 Å². The van der Waals surface area contributed by atoms with Crippen LogP contribution < -0.4 is 0 Å². The van der Waals surface area contributed by atoms with Crippen LogP contribution in [0.1, 0.15) is 20.7 Å². The van der Waals surface area contributed by atoms with Gasteiger partial charge in [0.1, 0.15) is 12.6 Å². The summed E-state index contributed by atoms with van der Waals surface area (Å²) in [5.41, 5.74) is 2.86. The maximum Gasteiger partial charge on any atom is 0.268 e. The lowest BCUT2D eigenvalue weighted by Gasteiger charge is -2.07. The van der Waals surface area contributed by atoms with Gasteiger partial charge in [-0.3, -0.25) is 9.59 Å². The highest BCUT2D eigenvalue weighted by Crippen LogP contribution is 2.22. The molecular weight excluding hydrogens is 412 g/mol. The molecule has 5 aromatic rings. The van der Waals surface area contributed by atoms with Crippen molar-refractivity contribution in [3.63, 3.8) is 0 Å². The Morgan fingerprint density at radius 2 is 1.42 bits per heavy atom. The molecular formula is C24H18N2O4S. The van der Waals surface area contributed by atoms with Crippen molar-refractivity contribution < 1.29 is 18.0 Å². The molecule has 0 aliphatic rings. The number of hydrogen-bond donors (Lipinski definition) is 1. The van der Waals surface area contributed by atoms with E-state index in [9.17, 15) is 18.0 Å². The Kier molecular flexibility index (Phi) is 5.51. The van der Waals surface area contributed by atoms with Crippen LogP contribution in [0.3, 0.4) is 0 Å². The summed E-state index contributed by atoms with van der Waals surface area (Å²) in [6.07, 6.45) is 4.95. The van der Waals surface area contributed by atoms with E-state index in [1.807, 2.05) is 24.4 Å². The number of rotatable bonds is 4. The molecule has 154 valence electrons. The number of nitrogens with one attached hydrogen (secondary N) is 1. The minimum atomic E-state index is -3.61. The first-order chi connectivity index (χ1) is 15.0. The van der Waals surface area contributed by atoms with Crippen LogP contribution in [0.15, 0.2) is 96.2 Å². The second-order valence-corrected chi connectivity index (χ2v) is 8.62. The molecule has 0 bridgehead atoms. The van der Waals surface area contributed by atoms with E-state index >= 15 is 0 Å². The average Bonchev–Trinajstić information content (AvgIpc) is 3.46. The molecule has 31 heavy (non-hydrogen) atoms. The van der Waals surface area contributed by atoms with Gasteiger partial charge >= 0.3 is 0 Å². The molecule has 0 fully saturated rings. The number of carbonyl (C=O) groups excluding carboxylic acids is 2. The van der Waals surface area contributed by atoms with Gasteiger partial charge in [0.15, 0.2) is 0 Å². The molecule has 0 unspecified atom stereocenters. The number of H-pyrrole nitrogens is 1. The molecule has 2 aromatic heterocycles. The Labute approximate surface area is 178 Å². The number of aromatic nitrogens is 2. The molecule has 3 aromatic carbocycles. The maximum absolute atomic E-state index is 12.6. The van der Waals surface area contributed by atoms with E-state index in [1.54, 1.807) is 60.7 Å². The smallest absolute Gasteiger partial charge is 0.268 e. The number of aldehydes is 2. The molecule has 2 heterocycles. The number of nitrogens with zero attached hydrogens (tertiary/aromatic N) is 1. The summed E-state index contributed by atoms with van der Waals surface area (Å²) in [7, 11) is -3.61. The van der Waals surface area contributed by atoms with Crippen LogP contribution in [-0.2, 0) is 10.0 Å². The average molecular weight is 430 g/mol. The maximum atomic E-state index is 12.6. The molecule has 0 amide bonds. The van der Waals surface area contributed by atoms with E-state index < -0.39 is 10.0 Å². The van der Waals surface area contributed by atoms with Gasteiger partial charge < -0.3 is 4.98 Å². The van der Waals surface area contributed by atoms with Gasteiger partial charge in [0.25, 0.3) is 10.0 Å². The number of hydrogen-bond acceptors (Lipinski definition) is 4. The Balaban J connectivity index is 0.000000177. The fourth-order valence-corrected chi connectivity index (χ4v) is 4.64. The van der Waals surface area contributed by atoms with Gasteiger partial charge in [-0.2, -0.15) is 0 Å². The summed E-state index contributed by atoms with van der Waals surface area (Å²) >= 11 is 0. The molecule has 0 atom stereocenters. The van der Waals surface area contributed by atoms with Crippen molar-refractivity contribution in [3.05, 3.63) is 102 Å². The largest absolute Gasteiger partial charge is 0.361 e. The first-order valence-electron chi connectivity index (χ1n) is 9.42. The molecule has 5 rings (SSSR count). The zero-order chi connectivity index (χ0) is 21.8. The third kappa shape index (κ3) is 4.04. The van der Waals surface area contributed by atoms with Gasteiger partial charge in [0.2, 0.25) is 0 Å². The Bertz CT molecular complexity index is 1480. The zero-order valence-electron chi connectivity index (χ0n) is 16.3. The van der Waals surface area contributed by atoms with Crippen molar-refractivity contribution in [1.29, 1.82) is 0 Å². The standard InChI is InChI=1S/C15H11NO3S.C9H7NO/c17-11-12-6-7-15-13(10-12)8-9-16(15)20(18,19)14-4-2-1-3-5-14;11-6-7-1-2-9-8(5-7)3-4-10-9/h1-11H;1-6,10H. The summed E-state index contributed by atoms with van der Waals surface area (Å²) in [4.78, 5) is 24.4. The van der Waals surface area contributed by atoms with Gasteiger partial charge in [0, 0.05) is 39.8 Å². The van der Waals surface area contributed by atoms with Crippen molar-refractivity contribution in [2.45, 2.75) is 4.90 Å². The van der Waals surface area contributed by atoms with Crippen molar-refractivity contribution in [2.75, 3.05) is 0 Å². The molecule has 0 saturated carbocycles. The van der Waals surface area contributed by atoms with E-state index in [0.717, 1.165) is 29.0 Å². The van der Waals surface area contributed by atoms with Crippen molar-refractivity contribution in [2.24, 2.45) is 0 Å². The quantitative estimate of drug-likeness (QED) is 0.420. The Morgan fingerprint density at radius 3 is 2.13 bits per heavy atom. The summed E-state index contributed by atoms with van der Waals surface area (Å²) in [6, 6.07) is 22.3. The van der Waals surface area contributed by atoms with Crippen LogP contribution in [-0.4, -0.2) is 29.9 Å². The minimum Gasteiger partial charge on any atom is -0.361 e. The summed E-state index contributed by atoms with van der Waals surface area (Å²) < 4.78 is 26.3. The zero-order valence-corrected chi connectivity index (χ0v) is 17.1. The first kappa shape index (κ1) is 20.3. The number of benzene rings is 3. The van der Waals surface area contributed by atoms with Crippen LogP contribution >= 0.6 is 0 Å². The Hall–Kier alpha value is -3.97. The van der Waals surface area contributed by atoms with Crippen molar-refractivity contribution in [1.82, 2.24) is 8.96 Å². The third-order valence-electron chi connectivity index (χ3n) is 4.83. The van der Waals surface area contributed by atoms with E-state index in [2.05, 4.69) is 4.98 Å². The highest BCUT2D eigenvalue weighted by atomic mass is 32.2. The van der Waals surface area contributed by atoms with Crippen molar-refractivity contribution in [3.8, 4) is 0 Å². The Morgan fingerprint density at radius 1 is 0.742 bits per heavy atom. The fraction of sp³-hybridized carbons (Fsp3) is 0. The molecule has 7 heteroatoms. The molecule has 6 nitrogen and oxygen atoms in total. The normalized spacial score (nSPS) is 11.1. The second-order valence-electron chi connectivity index (χ2n) is 6.81. The van der Waals surface area contributed by atoms with Gasteiger partial charge in [-0.05, 0) is 60.7 Å². The van der Waals surface area contributed by atoms with Crippen LogP contribution in [0, 0.1) is 0 Å². The van der Waals surface area contributed by atoms with E-state index in [4.69, 9.17) is 0 Å². The molecule has 0 spiro atoms. The predicted octanol–water partition coefficient (Wildman–Crippen LogP) is 4.67. The highest BCUT2D eigenvalue weighted by molar-refractivity contribution is 7.90. The first-order valence-corrected chi connectivity index (χ1v) is 10.9. The monoisotopic (exact) mass is 430 g/mol. The molecule has 1 N–H and O–H groups in total. The molecule has 0 saturated heterocycles. The van der Waals surface area contributed by atoms with Crippen molar-refractivity contribution >= 4 is 44.4 Å². The van der Waals surface area contributed by atoms with Crippen LogP contribution in [0.2, 0.25) is 0 Å². The summed E-state index contributed by atoms with van der Waals surface area (Å²) in [6.45, 7) is 0. The molecule has 0 aliphatic carbocycles.